The van der Waals surface area contributed by atoms with Gasteiger partial charge in [-0.25, -0.2) is 9.59 Å². The Morgan fingerprint density at radius 2 is 1.52 bits per heavy atom. The van der Waals surface area contributed by atoms with Gasteiger partial charge in [-0.3, -0.25) is 0 Å². The van der Waals surface area contributed by atoms with Crippen LogP contribution in [0.1, 0.15) is 63.4 Å². The molecule has 6 nitrogen and oxygen atoms in total. The van der Waals surface area contributed by atoms with E-state index in [0.29, 0.717) is 25.0 Å². The van der Waals surface area contributed by atoms with Crippen molar-refractivity contribution in [3.63, 3.8) is 0 Å². The number of rotatable bonds is 5. The summed E-state index contributed by atoms with van der Waals surface area (Å²) >= 11 is 0. The van der Waals surface area contributed by atoms with Gasteiger partial charge in [-0.2, -0.15) is 0 Å². The van der Waals surface area contributed by atoms with E-state index >= 15 is 0 Å². The lowest BCUT2D eigenvalue weighted by Crippen LogP contribution is -2.47. The first-order chi connectivity index (χ1) is 14.2. The molecule has 3 N–H and O–H groups in total. The molecule has 0 bridgehead atoms. The maximum atomic E-state index is 12.4. The van der Waals surface area contributed by atoms with Crippen LogP contribution in [-0.2, 0) is 6.54 Å². The maximum absolute atomic E-state index is 12.4. The standard InChI is InChI=1S/C23H36N4O2/c28-22(26-21-11-7-2-1-3-8-12-21)24-17-20-13-15-27(16-14-20)23(29)25-18-19-9-5-4-6-10-19/h4-6,9-10,20-21H,1-3,7-8,11-18H2,(H,25,29)(H2,24,26,28). The highest BCUT2D eigenvalue weighted by molar-refractivity contribution is 5.74. The molecule has 160 valence electrons. The monoisotopic (exact) mass is 400 g/mol. The Labute approximate surface area is 174 Å². The van der Waals surface area contributed by atoms with Gasteiger partial charge >= 0.3 is 12.1 Å². The highest BCUT2D eigenvalue weighted by atomic mass is 16.2. The van der Waals surface area contributed by atoms with Crippen LogP contribution in [0, 0.1) is 5.92 Å². The summed E-state index contributed by atoms with van der Waals surface area (Å²) < 4.78 is 0. The van der Waals surface area contributed by atoms with E-state index in [2.05, 4.69) is 16.0 Å². The van der Waals surface area contributed by atoms with Crippen LogP contribution in [0.2, 0.25) is 0 Å². The molecule has 0 atom stereocenters. The second-order valence-electron chi connectivity index (χ2n) is 8.47. The van der Waals surface area contributed by atoms with E-state index in [4.69, 9.17) is 0 Å². The van der Waals surface area contributed by atoms with Gasteiger partial charge in [0.1, 0.15) is 0 Å². The zero-order valence-electron chi connectivity index (χ0n) is 17.5. The Morgan fingerprint density at radius 1 is 0.862 bits per heavy atom. The van der Waals surface area contributed by atoms with Crippen LogP contribution in [0.3, 0.4) is 0 Å². The van der Waals surface area contributed by atoms with Crippen molar-refractivity contribution in [2.24, 2.45) is 5.92 Å². The molecule has 1 aromatic rings. The number of piperidine rings is 1. The van der Waals surface area contributed by atoms with E-state index in [0.717, 1.165) is 44.3 Å². The van der Waals surface area contributed by atoms with E-state index in [1.165, 1.54) is 32.1 Å². The fourth-order valence-corrected chi connectivity index (χ4v) is 4.30. The molecule has 1 aliphatic carbocycles. The van der Waals surface area contributed by atoms with Gasteiger partial charge in [0.2, 0.25) is 0 Å². The molecule has 0 unspecified atom stereocenters. The number of urea groups is 2. The summed E-state index contributed by atoms with van der Waals surface area (Å²) in [6, 6.07) is 10.3. The lowest BCUT2D eigenvalue weighted by Gasteiger charge is -2.32. The topological polar surface area (TPSA) is 73.5 Å². The third-order valence-corrected chi connectivity index (χ3v) is 6.18. The van der Waals surface area contributed by atoms with Crippen molar-refractivity contribution in [2.75, 3.05) is 19.6 Å². The Kier molecular flexibility index (Phi) is 8.65. The Morgan fingerprint density at radius 3 is 2.21 bits per heavy atom. The van der Waals surface area contributed by atoms with E-state index in [-0.39, 0.29) is 12.1 Å². The summed E-state index contributed by atoms with van der Waals surface area (Å²) in [5, 5.41) is 9.21. The van der Waals surface area contributed by atoms with Gasteiger partial charge in [-0.15, -0.1) is 0 Å². The molecule has 29 heavy (non-hydrogen) atoms. The summed E-state index contributed by atoms with van der Waals surface area (Å²) in [7, 11) is 0. The number of likely N-dealkylation sites (tertiary alicyclic amines) is 1. The molecular formula is C23H36N4O2. The third-order valence-electron chi connectivity index (χ3n) is 6.18. The lowest BCUT2D eigenvalue weighted by molar-refractivity contribution is 0.168. The predicted molar refractivity (Wildman–Crippen MR) is 116 cm³/mol. The first-order valence-electron chi connectivity index (χ1n) is 11.3. The highest BCUT2D eigenvalue weighted by Gasteiger charge is 2.23. The summed E-state index contributed by atoms with van der Waals surface area (Å²) in [6.45, 7) is 2.74. The van der Waals surface area contributed by atoms with Crippen LogP contribution in [0.15, 0.2) is 30.3 Å². The first kappa shape index (κ1) is 21.5. The molecule has 1 saturated heterocycles. The average molecular weight is 401 g/mol. The summed E-state index contributed by atoms with van der Waals surface area (Å²) in [6.07, 6.45) is 10.4. The largest absolute Gasteiger partial charge is 0.338 e. The van der Waals surface area contributed by atoms with E-state index in [1.807, 2.05) is 35.2 Å². The van der Waals surface area contributed by atoms with E-state index < -0.39 is 0 Å². The predicted octanol–water partition coefficient (Wildman–Crippen LogP) is 4.02. The minimum absolute atomic E-state index is 0.00212. The Hall–Kier alpha value is -2.24. The number of carbonyl (C=O) groups is 2. The third kappa shape index (κ3) is 7.59. The number of benzene rings is 1. The minimum Gasteiger partial charge on any atom is -0.338 e. The summed E-state index contributed by atoms with van der Waals surface area (Å²) in [5.41, 5.74) is 1.11. The van der Waals surface area contributed by atoms with Crippen molar-refractivity contribution >= 4 is 12.1 Å². The number of amides is 4. The molecule has 0 aromatic heterocycles. The highest BCUT2D eigenvalue weighted by Crippen LogP contribution is 2.18. The maximum Gasteiger partial charge on any atom is 0.317 e. The van der Waals surface area contributed by atoms with Crippen LogP contribution >= 0.6 is 0 Å². The van der Waals surface area contributed by atoms with Gasteiger partial charge in [-0.1, -0.05) is 62.4 Å². The molecule has 1 aliphatic heterocycles. The van der Waals surface area contributed by atoms with Crippen molar-refractivity contribution in [2.45, 2.75) is 70.4 Å². The van der Waals surface area contributed by atoms with Crippen molar-refractivity contribution in [1.82, 2.24) is 20.9 Å². The Balaban J connectivity index is 1.30. The summed E-state index contributed by atoms with van der Waals surface area (Å²) in [5.74, 6) is 0.441. The van der Waals surface area contributed by atoms with Gasteiger partial charge in [-0.05, 0) is 37.2 Å². The quantitative estimate of drug-likeness (QED) is 0.698. The molecule has 1 heterocycles. The SMILES string of the molecule is O=C(NCC1CCN(C(=O)NCc2ccccc2)CC1)NC1CCCCCCC1. The summed E-state index contributed by atoms with van der Waals surface area (Å²) in [4.78, 5) is 26.5. The zero-order chi connectivity index (χ0) is 20.3. The molecule has 2 aliphatic rings. The average Bonchev–Trinajstić information content (AvgIpc) is 2.73. The molecule has 1 saturated carbocycles. The van der Waals surface area contributed by atoms with E-state index in [9.17, 15) is 9.59 Å². The Bertz CT molecular complexity index is 621. The van der Waals surface area contributed by atoms with Gasteiger partial charge in [0, 0.05) is 32.2 Å². The van der Waals surface area contributed by atoms with Crippen molar-refractivity contribution in [3.05, 3.63) is 35.9 Å². The second kappa shape index (κ2) is 11.7. The number of carbonyl (C=O) groups excluding carboxylic acids is 2. The van der Waals surface area contributed by atoms with Crippen LogP contribution < -0.4 is 16.0 Å². The fourth-order valence-electron chi connectivity index (χ4n) is 4.30. The van der Waals surface area contributed by atoms with Crippen LogP contribution in [0.4, 0.5) is 9.59 Å². The lowest BCUT2D eigenvalue weighted by atomic mass is 9.96. The first-order valence-corrected chi connectivity index (χ1v) is 11.3. The molecule has 6 heteroatoms. The molecule has 0 radical (unpaired) electrons. The molecule has 4 amide bonds. The van der Waals surface area contributed by atoms with Crippen molar-refractivity contribution in [3.8, 4) is 0 Å². The number of hydrogen-bond donors (Lipinski definition) is 3. The molecule has 3 rings (SSSR count). The van der Waals surface area contributed by atoms with Gasteiger partial charge in [0.15, 0.2) is 0 Å². The zero-order valence-corrected chi connectivity index (χ0v) is 17.5. The molecule has 2 fully saturated rings. The normalized spacial score (nSPS) is 19.1. The smallest absolute Gasteiger partial charge is 0.317 e. The van der Waals surface area contributed by atoms with Crippen molar-refractivity contribution < 1.29 is 9.59 Å². The number of hydrogen-bond acceptors (Lipinski definition) is 2. The van der Waals surface area contributed by atoms with E-state index in [1.54, 1.807) is 0 Å². The number of nitrogens with zero attached hydrogens (tertiary/aromatic N) is 1. The van der Waals surface area contributed by atoms with Crippen molar-refractivity contribution in [1.29, 1.82) is 0 Å². The van der Waals surface area contributed by atoms with Crippen LogP contribution in [0.25, 0.3) is 0 Å². The van der Waals surface area contributed by atoms with Gasteiger partial charge in [0.05, 0.1) is 0 Å². The molecule has 1 aromatic carbocycles. The minimum atomic E-state index is -0.0291. The van der Waals surface area contributed by atoms with Gasteiger partial charge < -0.3 is 20.9 Å². The fraction of sp³-hybridized carbons (Fsp3) is 0.652. The molecular weight excluding hydrogens is 364 g/mol. The van der Waals surface area contributed by atoms with Gasteiger partial charge in [0.25, 0.3) is 0 Å². The second-order valence-corrected chi connectivity index (χ2v) is 8.47. The van der Waals surface area contributed by atoms with Crippen LogP contribution in [-0.4, -0.2) is 42.6 Å². The number of nitrogens with one attached hydrogen (secondary N) is 3. The van der Waals surface area contributed by atoms with Crippen LogP contribution in [0.5, 0.6) is 0 Å². The molecule has 0 spiro atoms.